The van der Waals surface area contributed by atoms with Gasteiger partial charge in [-0.2, -0.15) is 0 Å². The van der Waals surface area contributed by atoms with Crippen LogP contribution in [0.5, 0.6) is 0 Å². The lowest BCUT2D eigenvalue weighted by atomic mass is 9.99. The molecule has 5 rings (SSSR count). The molecule has 2 N–H and O–H groups in total. The number of halogens is 1. The number of hydrogen-bond acceptors (Lipinski definition) is 5. The Morgan fingerprint density at radius 1 is 1.26 bits per heavy atom. The van der Waals surface area contributed by atoms with Crippen LogP contribution in [-0.4, -0.2) is 49.5 Å². The van der Waals surface area contributed by atoms with Crippen LogP contribution in [-0.2, 0) is 0 Å². The predicted octanol–water partition coefficient (Wildman–Crippen LogP) is 4.94. The number of aryl methyl sites for hydroxylation is 1. The second-order valence-corrected chi connectivity index (χ2v) is 10.1. The van der Waals surface area contributed by atoms with Gasteiger partial charge in [-0.15, -0.1) is 0 Å². The number of aromatic amines is 1. The highest BCUT2D eigenvalue weighted by atomic mass is 19.1. The van der Waals surface area contributed by atoms with E-state index < -0.39 is 5.82 Å². The summed E-state index contributed by atoms with van der Waals surface area (Å²) >= 11 is 0. The molecule has 0 saturated heterocycles. The van der Waals surface area contributed by atoms with Gasteiger partial charge in [-0.05, 0) is 71.0 Å². The minimum Gasteiger partial charge on any atom is -0.361 e. The molecule has 0 aliphatic carbocycles. The maximum Gasteiger partial charge on any atom is 0.227 e. The molecule has 0 bridgehead atoms. The zero-order valence-corrected chi connectivity index (χ0v) is 22.6. The van der Waals surface area contributed by atoms with Gasteiger partial charge in [-0.1, -0.05) is 18.7 Å². The van der Waals surface area contributed by atoms with Gasteiger partial charge in [0.25, 0.3) is 0 Å². The molecule has 1 aliphatic heterocycles. The summed E-state index contributed by atoms with van der Waals surface area (Å²) in [5, 5.41) is 5.90. The van der Waals surface area contributed by atoms with Gasteiger partial charge in [0, 0.05) is 53.1 Å². The molecule has 38 heavy (non-hydrogen) atoms. The molecule has 0 fully saturated rings. The van der Waals surface area contributed by atoms with E-state index in [1.807, 2.05) is 38.1 Å². The van der Waals surface area contributed by atoms with Gasteiger partial charge in [-0.3, -0.25) is 0 Å². The number of hydrogen-bond donors (Lipinski definition) is 2. The van der Waals surface area contributed by atoms with Crippen molar-refractivity contribution in [1.29, 1.82) is 0 Å². The third kappa shape index (κ3) is 4.91. The van der Waals surface area contributed by atoms with Crippen LogP contribution in [0.4, 0.5) is 16.0 Å². The fourth-order valence-electron chi connectivity index (χ4n) is 5.10. The van der Waals surface area contributed by atoms with Gasteiger partial charge in [0.15, 0.2) is 5.82 Å². The summed E-state index contributed by atoms with van der Waals surface area (Å²) in [5.41, 5.74) is 5.32. The van der Waals surface area contributed by atoms with Gasteiger partial charge in [-0.25, -0.2) is 19.3 Å². The molecule has 8 heteroatoms. The van der Waals surface area contributed by atoms with Crippen molar-refractivity contribution in [2.75, 3.05) is 25.5 Å². The normalized spacial score (nSPS) is 15.5. The molecular formula is C30H34FN7. The highest BCUT2D eigenvalue weighted by molar-refractivity contribution is 5.95. The number of imidazole rings is 1. The van der Waals surface area contributed by atoms with E-state index in [0.717, 1.165) is 47.3 Å². The lowest BCUT2D eigenvalue weighted by molar-refractivity contribution is 0.370. The van der Waals surface area contributed by atoms with Crippen molar-refractivity contribution in [2.45, 2.75) is 40.2 Å². The van der Waals surface area contributed by atoms with Crippen LogP contribution in [0.25, 0.3) is 34.7 Å². The van der Waals surface area contributed by atoms with Crippen LogP contribution in [0.2, 0.25) is 0 Å². The number of allylic oxidation sites excluding steroid dienone is 2. The number of aromatic nitrogens is 5. The van der Waals surface area contributed by atoms with Gasteiger partial charge < -0.3 is 19.8 Å². The van der Waals surface area contributed by atoms with E-state index in [1.165, 1.54) is 17.3 Å². The number of nitrogens with zero attached hydrogens (tertiary/aromatic N) is 5. The second-order valence-electron chi connectivity index (χ2n) is 10.1. The van der Waals surface area contributed by atoms with Crippen LogP contribution in [0, 0.1) is 12.7 Å². The molecule has 0 saturated carbocycles. The zero-order chi connectivity index (χ0) is 27.0. The summed E-state index contributed by atoms with van der Waals surface area (Å²) in [4.78, 5) is 19.0. The van der Waals surface area contributed by atoms with Crippen LogP contribution in [0.3, 0.4) is 0 Å². The number of fused-ring (bicyclic) bond motifs is 1. The van der Waals surface area contributed by atoms with Gasteiger partial charge in [0.05, 0.1) is 16.9 Å². The zero-order valence-electron chi connectivity index (χ0n) is 22.6. The van der Waals surface area contributed by atoms with Crippen molar-refractivity contribution < 1.29 is 4.39 Å². The van der Waals surface area contributed by atoms with Crippen molar-refractivity contribution >= 4 is 46.3 Å². The molecule has 0 spiro atoms. The van der Waals surface area contributed by atoms with Crippen molar-refractivity contribution in [2.24, 2.45) is 0 Å². The van der Waals surface area contributed by atoms with E-state index in [1.54, 1.807) is 0 Å². The Morgan fingerprint density at radius 2 is 2.08 bits per heavy atom. The second kappa shape index (κ2) is 10.4. The number of likely N-dealkylation sites (N-methyl/N-ethyl adjacent to an activating group) is 1. The van der Waals surface area contributed by atoms with E-state index in [-0.39, 0.29) is 11.7 Å². The predicted molar refractivity (Wildman–Crippen MR) is 154 cm³/mol. The van der Waals surface area contributed by atoms with E-state index in [4.69, 9.17) is 0 Å². The van der Waals surface area contributed by atoms with Crippen LogP contribution < -0.4 is 16.0 Å². The molecule has 0 radical (unpaired) electrons. The topological polar surface area (TPSA) is 74.7 Å². The molecular weight excluding hydrogens is 477 g/mol. The van der Waals surface area contributed by atoms with Crippen molar-refractivity contribution in [3.8, 4) is 0 Å². The first-order chi connectivity index (χ1) is 18.2. The molecule has 1 aliphatic rings. The Bertz CT molecular complexity index is 1670. The van der Waals surface area contributed by atoms with Gasteiger partial charge in [0.1, 0.15) is 11.5 Å². The van der Waals surface area contributed by atoms with Crippen LogP contribution in [0.1, 0.15) is 50.3 Å². The minimum atomic E-state index is -0.490. The summed E-state index contributed by atoms with van der Waals surface area (Å²) in [5.74, 6) is 0.704. The largest absolute Gasteiger partial charge is 0.361 e. The molecule has 4 aromatic rings. The maximum absolute atomic E-state index is 15.0. The first kappa shape index (κ1) is 25.6. The standard InChI is InChI=1S/C30H34FN7/c1-7-21(14-28-19(4)34-20(5)38(28)18(2)3)29-26(31)17-33-30(36-29)35-23-8-9-27-24(15-23)25(16-32-27)22-10-12-37(6)13-11-22/h7-10,14-18,32H,4,11-13H2,1-3,5-6H3,(H,33,35,36)/b21-7+,28-14+. The minimum absolute atomic E-state index is 0.188. The molecule has 196 valence electrons. The lowest BCUT2D eigenvalue weighted by Gasteiger charge is -2.21. The number of benzene rings is 1. The Labute approximate surface area is 222 Å². The number of rotatable bonds is 6. The molecule has 0 amide bonds. The average molecular weight is 512 g/mol. The third-order valence-corrected chi connectivity index (χ3v) is 7.03. The van der Waals surface area contributed by atoms with E-state index in [0.29, 0.717) is 16.9 Å². The quantitative estimate of drug-likeness (QED) is 0.384. The highest BCUT2D eigenvalue weighted by Crippen LogP contribution is 2.31. The number of H-pyrrole nitrogens is 1. The molecule has 0 unspecified atom stereocenters. The first-order valence-corrected chi connectivity index (χ1v) is 13.0. The summed E-state index contributed by atoms with van der Waals surface area (Å²) in [6.07, 6.45) is 10.3. The van der Waals surface area contributed by atoms with Gasteiger partial charge in [0.2, 0.25) is 5.95 Å². The molecule has 1 aromatic carbocycles. The summed E-state index contributed by atoms with van der Waals surface area (Å²) in [6, 6.07) is 6.29. The SMILES string of the molecule is C=c1nc(C)n(C(C)C)/c1=C/C(=C\C)c1nc(Nc2ccc3[nH]cc(C4=CCN(C)CC4)c3c2)ncc1F. The van der Waals surface area contributed by atoms with Crippen molar-refractivity contribution in [1.82, 2.24) is 29.4 Å². The van der Waals surface area contributed by atoms with E-state index in [9.17, 15) is 0 Å². The molecule has 7 nitrogen and oxygen atoms in total. The van der Waals surface area contributed by atoms with Gasteiger partial charge >= 0.3 is 0 Å². The first-order valence-electron chi connectivity index (χ1n) is 13.0. The average Bonchev–Trinajstić information content (AvgIpc) is 3.43. The van der Waals surface area contributed by atoms with E-state index >= 15 is 4.39 Å². The molecule has 3 aromatic heterocycles. The Balaban J connectivity index is 1.49. The Kier molecular flexibility index (Phi) is 6.99. The van der Waals surface area contributed by atoms with Crippen molar-refractivity contribution in [3.05, 3.63) is 76.3 Å². The summed E-state index contributed by atoms with van der Waals surface area (Å²) < 4.78 is 17.1. The van der Waals surface area contributed by atoms with Crippen molar-refractivity contribution in [3.63, 3.8) is 0 Å². The number of nitrogens with one attached hydrogen (secondary N) is 2. The Morgan fingerprint density at radius 3 is 2.79 bits per heavy atom. The third-order valence-electron chi connectivity index (χ3n) is 7.03. The smallest absolute Gasteiger partial charge is 0.227 e. The maximum atomic E-state index is 15.0. The Hall–Kier alpha value is -4.04. The summed E-state index contributed by atoms with van der Waals surface area (Å²) in [7, 11) is 2.14. The summed E-state index contributed by atoms with van der Waals surface area (Å²) in [6.45, 7) is 14.1. The fraction of sp³-hybridized carbons (Fsp3) is 0.300. The number of anilines is 2. The highest BCUT2D eigenvalue weighted by Gasteiger charge is 2.16. The monoisotopic (exact) mass is 511 g/mol. The van der Waals surface area contributed by atoms with Crippen LogP contribution >= 0.6 is 0 Å². The molecule has 0 atom stereocenters. The van der Waals surface area contributed by atoms with Crippen LogP contribution in [0.15, 0.2) is 42.7 Å². The fourth-order valence-corrected chi connectivity index (χ4v) is 5.10. The lowest BCUT2D eigenvalue weighted by Crippen LogP contribution is -2.30. The molecule has 4 heterocycles. The van der Waals surface area contributed by atoms with E-state index in [2.05, 4.69) is 80.5 Å².